The molecule has 0 aliphatic carbocycles. The topological polar surface area (TPSA) is 114 Å². The largest absolute Gasteiger partial charge is 0.444 e. The normalized spacial score (nSPS) is 17.2. The van der Waals surface area contributed by atoms with Crippen molar-refractivity contribution in [2.75, 3.05) is 25.5 Å². The summed E-state index contributed by atoms with van der Waals surface area (Å²) in [7, 11) is 1.58. The third-order valence-corrected chi connectivity index (χ3v) is 4.14. The van der Waals surface area contributed by atoms with E-state index < -0.39 is 16.6 Å². The molecule has 1 unspecified atom stereocenters. The SMILES string of the molecule is CNc1ccc(C(=O)N2CCCC(NC(=O)OC(C)(C)C)C2)cc1[N+](=O)[O-]. The lowest BCUT2D eigenvalue weighted by Gasteiger charge is -2.33. The van der Waals surface area contributed by atoms with Gasteiger partial charge in [-0.3, -0.25) is 14.9 Å². The molecule has 2 amide bonds. The van der Waals surface area contributed by atoms with Gasteiger partial charge in [-0.25, -0.2) is 4.79 Å². The lowest BCUT2D eigenvalue weighted by molar-refractivity contribution is -0.384. The number of piperidine rings is 1. The van der Waals surface area contributed by atoms with E-state index in [1.165, 1.54) is 12.1 Å². The Labute approximate surface area is 158 Å². The fraction of sp³-hybridized carbons (Fsp3) is 0.556. The van der Waals surface area contributed by atoms with Gasteiger partial charge in [0.1, 0.15) is 11.3 Å². The summed E-state index contributed by atoms with van der Waals surface area (Å²) in [5.41, 5.74) is -0.149. The predicted octanol–water partition coefficient (Wildman–Crippen LogP) is 2.77. The molecule has 1 heterocycles. The molecule has 1 fully saturated rings. The van der Waals surface area contributed by atoms with Crippen molar-refractivity contribution in [1.82, 2.24) is 10.2 Å². The molecule has 9 nitrogen and oxygen atoms in total. The minimum Gasteiger partial charge on any atom is -0.444 e. The highest BCUT2D eigenvalue weighted by atomic mass is 16.6. The van der Waals surface area contributed by atoms with Crippen LogP contribution in [0, 0.1) is 10.1 Å². The molecular weight excluding hydrogens is 352 g/mol. The van der Waals surface area contributed by atoms with Gasteiger partial charge in [0.25, 0.3) is 11.6 Å². The number of nitrogens with zero attached hydrogens (tertiary/aromatic N) is 2. The standard InChI is InChI=1S/C18H26N4O5/c1-18(2,3)27-17(24)20-13-6-5-9-21(11-13)16(23)12-7-8-14(19-4)15(10-12)22(25)26/h7-8,10,13,19H,5-6,9,11H2,1-4H3,(H,20,24). The van der Waals surface area contributed by atoms with Gasteiger partial charge in [-0.1, -0.05) is 0 Å². The number of amides is 2. The summed E-state index contributed by atoms with van der Waals surface area (Å²) >= 11 is 0. The molecule has 2 rings (SSSR count). The first kappa shape index (κ1) is 20.5. The Morgan fingerprint density at radius 2 is 2.04 bits per heavy atom. The quantitative estimate of drug-likeness (QED) is 0.615. The van der Waals surface area contributed by atoms with Crippen molar-refractivity contribution in [2.24, 2.45) is 0 Å². The third-order valence-electron chi connectivity index (χ3n) is 4.14. The van der Waals surface area contributed by atoms with Crippen molar-refractivity contribution < 1.29 is 19.2 Å². The Hall–Kier alpha value is -2.84. The molecule has 1 aromatic rings. The number of hydrogen-bond donors (Lipinski definition) is 2. The molecular formula is C18H26N4O5. The molecule has 1 aromatic carbocycles. The Morgan fingerprint density at radius 3 is 2.63 bits per heavy atom. The summed E-state index contributed by atoms with van der Waals surface area (Å²) in [6.07, 6.45) is 0.945. The van der Waals surface area contributed by atoms with Gasteiger partial charge < -0.3 is 20.3 Å². The first-order valence-corrected chi connectivity index (χ1v) is 8.85. The van der Waals surface area contributed by atoms with Crippen molar-refractivity contribution >= 4 is 23.4 Å². The number of nitrogens with one attached hydrogen (secondary N) is 2. The Kier molecular flexibility index (Phi) is 6.24. The number of hydrogen-bond acceptors (Lipinski definition) is 6. The molecule has 27 heavy (non-hydrogen) atoms. The summed E-state index contributed by atoms with van der Waals surface area (Å²) in [6.45, 7) is 6.22. The fourth-order valence-corrected chi connectivity index (χ4v) is 2.96. The second kappa shape index (κ2) is 8.24. The highest BCUT2D eigenvalue weighted by molar-refractivity contribution is 5.96. The van der Waals surface area contributed by atoms with Gasteiger partial charge in [0, 0.05) is 37.8 Å². The van der Waals surface area contributed by atoms with Crippen molar-refractivity contribution in [3.8, 4) is 0 Å². The van der Waals surface area contributed by atoms with Gasteiger partial charge in [0.2, 0.25) is 0 Å². The van der Waals surface area contributed by atoms with E-state index in [0.29, 0.717) is 18.8 Å². The summed E-state index contributed by atoms with van der Waals surface area (Å²) < 4.78 is 5.25. The van der Waals surface area contributed by atoms with Crippen LogP contribution in [-0.2, 0) is 4.74 Å². The van der Waals surface area contributed by atoms with Crippen LogP contribution in [0.15, 0.2) is 18.2 Å². The number of anilines is 1. The van der Waals surface area contributed by atoms with Crippen LogP contribution in [0.1, 0.15) is 44.0 Å². The Balaban J connectivity index is 2.07. The molecule has 0 radical (unpaired) electrons. The van der Waals surface area contributed by atoms with Crippen LogP contribution in [0.2, 0.25) is 0 Å². The molecule has 1 saturated heterocycles. The maximum atomic E-state index is 12.8. The minimum absolute atomic E-state index is 0.149. The number of likely N-dealkylation sites (tertiary alicyclic amines) is 1. The first-order valence-electron chi connectivity index (χ1n) is 8.85. The summed E-state index contributed by atoms with van der Waals surface area (Å²) in [5.74, 6) is -0.295. The molecule has 2 N–H and O–H groups in total. The zero-order chi connectivity index (χ0) is 20.2. The van der Waals surface area contributed by atoms with E-state index in [0.717, 1.165) is 12.8 Å². The average molecular weight is 378 g/mol. The summed E-state index contributed by atoms with van der Waals surface area (Å²) in [5, 5.41) is 16.7. The van der Waals surface area contributed by atoms with Gasteiger partial charge in [0.15, 0.2) is 0 Å². The van der Waals surface area contributed by atoms with Gasteiger partial charge in [0.05, 0.1) is 4.92 Å². The van der Waals surface area contributed by atoms with Crippen molar-refractivity contribution in [2.45, 2.75) is 45.3 Å². The highest BCUT2D eigenvalue weighted by Gasteiger charge is 2.28. The molecule has 9 heteroatoms. The molecule has 148 valence electrons. The maximum absolute atomic E-state index is 12.8. The molecule has 0 bridgehead atoms. The van der Waals surface area contributed by atoms with Crippen LogP contribution >= 0.6 is 0 Å². The van der Waals surface area contributed by atoms with Crippen LogP contribution in [0.5, 0.6) is 0 Å². The fourth-order valence-electron chi connectivity index (χ4n) is 2.96. The second-order valence-electron chi connectivity index (χ2n) is 7.48. The molecule has 1 atom stereocenters. The second-order valence-corrected chi connectivity index (χ2v) is 7.48. The van der Waals surface area contributed by atoms with E-state index in [4.69, 9.17) is 4.74 Å². The van der Waals surface area contributed by atoms with Crippen LogP contribution in [-0.4, -0.2) is 53.6 Å². The summed E-state index contributed by atoms with van der Waals surface area (Å²) in [6, 6.07) is 4.14. The number of carbonyl (C=O) groups is 2. The molecule has 0 saturated carbocycles. The van der Waals surface area contributed by atoms with Crippen molar-refractivity contribution in [3.05, 3.63) is 33.9 Å². The van der Waals surface area contributed by atoms with Crippen LogP contribution < -0.4 is 10.6 Å². The van der Waals surface area contributed by atoms with Crippen LogP contribution in [0.4, 0.5) is 16.2 Å². The molecule has 0 aromatic heterocycles. The monoisotopic (exact) mass is 378 g/mol. The smallest absolute Gasteiger partial charge is 0.407 e. The maximum Gasteiger partial charge on any atom is 0.407 e. The average Bonchev–Trinajstić information content (AvgIpc) is 2.59. The number of nitro groups is 1. The van der Waals surface area contributed by atoms with E-state index in [1.807, 2.05) is 0 Å². The Bertz CT molecular complexity index is 729. The minimum atomic E-state index is -0.595. The molecule has 1 aliphatic rings. The molecule has 1 aliphatic heterocycles. The number of carbonyl (C=O) groups excluding carboxylic acids is 2. The number of nitro benzene ring substituents is 1. The third kappa shape index (κ3) is 5.57. The van der Waals surface area contributed by atoms with Gasteiger partial charge >= 0.3 is 6.09 Å². The van der Waals surface area contributed by atoms with E-state index in [1.54, 1.807) is 38.8 Å². The lowest BCUT2D eigenvalue weighted by atomic mass is 10.0. The van der Waals surface area contributed by atoms with E-state index in [2.05, 4.69) is 10.6 Å². The molecule has 0 spiro atoms. The van der Waals surface area contributed by atoms with E-state index in [-0.39, 0.29) is 23.2 Å². The number of benzene rings is 1. The van der Waals surface area contributed by atoms with Crippen LogP contribution in [0.25, 0.3) is 0 Å². The Morgan fingerprint density at radius 1 is 1.33 bits per heavy atom. The zero-order valence-corrected chi connectivity index (χ0v) is 16.1. The summed E-state index contributed by atoms with van der Waals surface area (Å²) in [4.78, 5) is 37.0. The van der Waals surface area contributed by atoms with Crippen molar-refractivity contribution in [3.63, 3.8) is 0 Å². The zero-order valence-electron chi connectivity index (χ0n) is 16.1. The predicted molar refractivity (Wildman–Crippen MR) is 101 cm³/mol. The number of rotatable bonds is 4. The van der Waals surface area contributed by atoms with Crippen molar-refractivity contribution in [1.29, 1.82) is 0 Å². The van der Waals surface area contributed by atoms with Crippen LogP contribution in [0.3, 0.4) is 0 Å². The highest BCUT2D eigenvalue weighted by Crippen LogP contribution is 2.26. The van der Waals surface area contributed by atoms with Gasteiger partial charge in [-0.05, 0) is 45.7 Å². The first-order chi connectivity index (χ1) is 12.6. The van der Waals surface area contributed by atoms with Gasteiger partial charge in [-0.15, -0.1) is 0 Å². The van der Waals surface area contributed by atoms with E-state index in [9.17, 15) is 19.7 Å². The van der Waals surface area contributed by atoms with Gasteiger partial charge in [-0.2, -0.15) is 0 Å². The number of alkyl carbamates (subject to hydrolysis) is 1. The number of ether oxygens (including phenoxy) is 1. The lowest BCUT2D eigenvalue weighted by Crippen LogP contribution is -2.50. The van der Waals surface area contributed by atoms with E-state index >= 15 is 0 Å².